The predicted octanol–water partition coefficient (Wildman–Crippen LogP) is 0.586. The van der Waals surface area contributed by atoms with Crippen molar-refractivity contribution in [2.45, 2.75) is 13.0 Å². The topological polar surface area (TPSA) is 44.4 Å². The molecule has 2 heterocycles. The van der Waals surface area contributed by atoms with Crippen molar-refractivity contribution in [2.75, 3.05) is 31.5 Å². The summed E-state index contributed by atoms with van der Waals surface area (Å²) in [6.07, 6.45) is 1.11. The zero-order valence-corrected chi connectivity index (χ0v) is 9.83. The Bertz CT molecular complexity index is 444. The van der Waals surface area contributed by atoms with E-state index in [-0.39, 0.29) is 5.91 Å². The van der Waals surface area contributed by atoms with Crippen molar-refractivity contribution in [3.8, 4) is 0 Å². The molecule has 0 atom stereocenters. The largest absolute Gasteiger partial charge is 0.384 e. The van der Waals surface area contributed by atoms with Crippen LogP contribution in [0.5, 0.6) is 0 Å². The lowest BCUT2D eigenvalue weighted by atomic mass is 10.1. The summed E-state index contributed by atoms with van der Waals surface area (Å²) >= 11 is 0. The normalized spacial score (nSPS) is 19.6. The van der Waals surface area contributed by atoms with Gasteiger partial charge >= 0.3 is 0 Å². The maximum Gasteiger partial charge on any atom is 0.234 e. The number of carbonyl (C=O) groups excluding carboxylic acids is 1. The first-order chi connectivity index (χ1) is 8.33. The summed E-state index contributed by atoms with van der Waals surface area (Å²) in [5.41, 5.74) is 4.01. The van der Waals surface area contributed by atoms with E-state index in [0.29, 0.717) is 6.54 Å². The van der Waals surface area contributed by atoms with Crippen LogP contribution in [0.1, 0.15) is 11.1 Å². The number of benzene rings is 1. The van der Waals surface area contributed by atoms with Gasteiger partial charge in [-0.3, -0.25) is 9.69 Å². The Morgan fingerprint density at radius 1 is 1.24 bits per heavy atom. The third-order valence-corrected chi connectivity index (χ3v) is 3.44. The number of hydrogen-bond donors (Lipinski definition) is 2. The van der Waals surface area contributed by atoms with E-state index in [0.717, 1.165) is 32.6 Å². The monoisotopic (exact) mass is 231 g/mol. The molecule has 1 aromatic carbocycles. The lowest BCUT2D eigenvalue weighted by Gasteiger charge is -2.27. The maximum atomic E-state index is 11.3. The lowest BCUT2D eigenvalue weighted by molar-refractivity contribution is -0.124. The summed E-state index contributed by atoms with van der Waals surface area (Å²) in [5.74, 6) is 0.136. The molecule has 2 aliphatic rings. The molecular weight excluding hydrogens is 214 g/mol. The van der Waals surface area contributed by atoms with Gasteiger partial charge in [0.1, 0.15) is 0 Å². The number of anilines is 1. The average Bonchev–Trinajstić information content (AvgIpc) is 2.78. The summed E-state index contributed by atoms with van der Waals surface area (Å²) in [6, 6.07) is 6.45. The lowest BCUT2D eigenvalue weighted by Crippen LogP contribution is -2.47. The molecule has 0 saturated carbocycles. The van der Waals surface area contributed by atoms with Gasteiger partial charge in [0.25, 0.3) is 0 Å². The molecule has 1 saturated heterocycles. The van der Waals surface area contributed by atoms with E-state index in [9.17, 15) is 4.79 Å². The Morgan fingerprint density at radius 3 is 3.06 bits per heavy atom. The first-order valence-electron chi connectivity index (χ1n) is 6.16. The predicted molar refractivity (Wildman–Crippen MR) is 66.9 cm³/mol. The second kappa shape index (κ2) is 4.37. The van der Waals surface area contributed by atoms with Crippen molar-refractivity contribution >= 4 is 11.6 Å². The van der Waals surface area contributed by atoms with Gasteiger partial charge in [-0.05, 0) is 17.5 Å². The zero-order valence-electron chi connectivity index (χ0n) is 9.83. The van der Waals surface area contributed by atoms with Crippen LogP contribution >= 0.6 is 0 Å². The Hall–Kier alpha value is -1.55. The maximum absolute atomic E-state index is 11.3. The fourth-order valence-corrected chi connectivity index (χ4v) is 2.61. The molecule has 1 aromatic rings. The molecule has 17 heavy (non-hydrogen) atoms. The molecule has 4 nitrogen and oxygen atoms in total. The highest BCUT2D eigenvalue weighted by molar-refractivity contribution is 5.78. The third-order valence-electron chi connectivity index (χ3n) is 3.44. The Morgan fingerprint density at radius 2 is 2.18 bits per heavy atom. The SMILES string of the molecule is O=C1CN(Cc2cccc3c2NCC3)CCN1. The second-order valence-electron chi connectivity index (χ2n) is 4.69. The standard InChI is InChI=1S/C13H17N3O/c17-12-9-16(7-6-14-12)8-11-3-1-2-10-4-5-15-13(10)11/h1-3,15H,4-9H2,(H,14,17). The van der Waals surface area contributed by atoms with Crippen molar-refractivity contribution in [2.24, 2.45) is 0 Å². The number of hydrogen-bond acceptors (Lipinski definition) is 3. The number of amides is 1. The van der Waals surface area contributed by atoms with Crippen LogP contribution in [0.25, 0.3) is 0 Å². The molecule has 0 aromatic heterocycles. The van der Waals surface area contributed by atoms with Crippen molar-refractivity contribution in [1.82, 2.24) is 10.2 Å². The first-order valence-corrected chi connectivity index (χ1v) is 6.16. The summed E-state index contributed by atoms with van der Waals surface area (Å²) in [7, 11) is 0. The van der Waals surface area contributed by atoms with Crippen LogP contribution in [0.3, 0.4) is 0 Å². The molecule has 0 bridgehead atoms. The van der Waals surface area contributed by atoms with Gasteiger partial charge < -0.3 is 10.6 Å². The molecule has 0 aliphatic carbocycles. The molecule has 1 fully saturated rings. The number of carbonyl (C=O) groups is 1. The van der Waals surface area contributed by atoms with Crippen LogP contribution in [0, 0.1) is 0 Å². The van der Waals surface area contributed by atoms with Gasteiger partial charge in [-0.15, -0.1) is 0 Å². The Kier molecular flexibility index (Phi) is 2.73. The number of fused-ring (bicyclic) bond motifs is 1. The van der Waals surface area contributed by atoms with Crippen molar-refractivity contribution in [3.63, 3.8) is 0 Å². The van der Waals surface area contributed by atoms with Crippen LogP contribution in [0.4, 0.5) is 5.69 Å². The second-order valence-corrected chi connectivity index (χ2v) is 4.69. The van der Waals surface area contributed by atoms with Crippen molar-refractivity contribution in [3.05, 3.63) is 29.3 Å². The van der Waals surface area contributed by atoms with Gasteiger partial charge in [0.2, 0.25) is 5.91 Å². The van der Waals surface area contributed by atoms with E-state index >= 15 is 0 Å². The summed E-state index contributed by atoms with van der Waals surface area (Å²) in [4.78, 5) is 13.5. The molecule has 4 heteroatoms. The number of nitrogens with zero attached hydrogens (tertiary/aromatic N) is 1. The fraction of sp³-hybridized carbons (Fsp3) is 0.462. The minimum Gasteiger partial charge on any atom is -0.384 e. The van der Waals surface area contributed by atoms with E-state index in [2.05, 4.69) is 33.7 Å². The smallest absolute Gasteiger partial charge is 0.234 e. The summed E-state index contributed by atoms with van der Waals surface area (Å²) in [6.45, 7) is 4.12. The Balaban J connectivity index is 1.77. The van der Waals surface area contributed by atoms with Gasteiger partial charge in [0, 0.05) is 31.9 Å². The van der Waals surface area contributed by atoms with Crippen LogP contribution in [-0.2, 0) is 17.8 Å². The van der Waals surface area contributed by atoms with Crippen LogP contribution in [-0.4, -0.2) is 37.0 Å². The van der Waals surface area contributed by atoms with Crippen LogP contribution in [0.15, 0.2) is 18.2 Å². The fourth-order valence-electron chi connectivity index (χ4n) is 2.61. The van der Waals surface area contributed by atoms with E-state index in [4.69, 9.17) is 0 Å². The Labute approximate surface area is 101 Å². The van der Waals surface area contributed by atoms with E-state index in [1.165, 1.54) is 16.8 Å². The van der Waals surface area contributed by atoms with Crippen LogP contribution < -0.4 is 10.6 Å². The molecule has 3 rings (SSSR count). The minimum atomic E-state index is 0.136. The first kappa shape index (κ1) is 10.6. The van der Waals surface area contributed by atoms with Gasteiger partial charge in [-0.25, -0.2) is 0 Å². The third kappa shape index (κ3) is 2.13. The van der Waals surface area contributed by atoms with Crippen molar-refractivity contribution < 1.29 is 4.79 Å². The quantitative estimate of drug-likeness (QED) is 0.783. The van der Waals surface area contributed by atoms with Crippen LogP contribution in [0.2, 0.25) is 0 Å². The van der Waals surface area contributed by atoms with E-state index < -0.39 is 0 Å². The number of nitrogens with one attached hydrogen (secondary N) is 2. The van der Waals surface area contributed by atoms with Gasteiger partial charge in [-0.1, -0.05) is 18.2 Å². The van der Waals surface area contributed by atoms with Gasteiger partial charge in [-0.2, -0.15) is 0 Å². The molecular formula is C13H17N3O. The number of para-hydroxylation sites is 1. The molecule has 2 aliphatic heterocycles. The van der Waals surface area contributed by atoms with Crippen molar-refractivity contribution in [1.29, 1.82) is 0 Å². The number of rotatable bonds is 2. The van der Waals surface area contributed by atoms with Gasteiger partial charge in [0.05, 0.1) is 6.54 Å². The number of piperazine rings is 1. The molecule has 2 N–H and O–H groups in total. The van der Waals surface area contributed by atoms with E-state index in [1.807, 2.05) is 0 Å². The summed E-state index contributed by atoms with van der Waals surface area (Å²) < 4.78 is 0. The van der Waals surface area contributed by atoms with E-state index in [1.54, 1.807) is 0 Å². The molecule has 90 valence electrons. The average molecular weight is 231 g/mol. The summed E-state index contributed by atoms with van der Waals surface area (Å²) in [5, 5.41) is 6.30. The highest BCUT2D eigenvalue weighted by Crippen LogP contribution is 2.27. The highest BCUT2D eigenvalue weighted by atomic mass is 16.2. The van der Waals surface area contributed by atoms with Gasteiger partial charge in [0.15, 0.2) is 0 Å². The molecule has 1 amide bonds. The molecule has 0 unspecified atom stereocenters. The molecule has 0 spiro atoms. The minimum absolute atomic E-state index is 0.136. The zero-order chi connectivity index (χ0) is 11.7. The highest BCUT2D eigenvalue weighted by Gasteiger charge is 2.19. The molecule has 0 radical (unpaired) electrons.